The summed E-state index contributed by atoms with van der Waals surface area (Å²) in [6.45, 7) is 0. The average Bonchev–Trinajstić information content (AvgIpc) is 2.42. The predicted molar refractivity (Wildman–Crippen MR) is 76.2 cm³/mol. The summed E-state index contributed by atoms with van der Waals surface area (Å²) >= 11 is 0. The molecular weight excluding hydrogens is 240 g/mol. The second kappa shape index (κ2) is 5.01. The first-order chi connectivity index (χ1) is 9.24. The van der Waals surface area contributed by atoms with Crippen molar-refractivity contribution in [1.29, 1.82) is 0 Å². The molecule has 19 heavy (non-hydrogen) atoms. The quantitative estimate of drug-likeness (QED) is 0.764. The summed E-state index contributed by atoms with van der Waals surface area (Å²) in [4.78, 5) is 11.7. The lowest BCUT2D eigenvalue weighted by Crippen LogP contribution is -2.35. The molecule has 1 fully saturated rings. The molecule has 1 aliphatic rings. The van der Waals surface area contributed by atoms with E-state index in [2.05, 4.69) is 15.5 Å². The van der Waals surface area contributed by atoms with Crippen molar-refractivity contribution in [3.8, 4) is 0 Å². The third-order valence-electron chi connectivity index (χ3n) is 3.75. The van der Waals surface area contributed by atoms with Crippen molar-refractivity contribution in [1.82, 2.24) is 10.2 Å². The number of benzene rings is 1. The fourth-order valence-electron chi connectivity index (χ4n) is 2.78. The van der Waals surface area contributed by atoms with E-state index in [1.54, 1.807) is 0 Å². The number of anilines is 1. The van der Waals surface area contributed by atoms with Crippen molar-refractivity contribution in [2.45, 2.75) is 37.8 Å². The number of nitrogens with one attached hydrogen (secondary N) is 2. The molecule has 2 atom stereocenters. The van der Waals surface area contributed by atoms with Gasteiger partial charge in [0.2, 0.25) is 0 Å². The summed E-state index contributed by atoms with van der Waals surface area (Å²) in [6, 6.07) is 8.11. The van der Waals surface area contributed by atoms with Crippen LogP contribution in [0.1, 0.15) is 25.7 Å². The molecule has 100 valence electrons. The molecule has 4 N–H and O–H groups in total. The molecule has 0 bridgehead atoms. The van der Waals surface area contributed by atoms with Crippen molar-refractivity contribution in [3.05, 3.63) is 34.6 Å². The van der Waals surface area contributed by atoms with Gasteiger partial charge < -0.3 is 11.1 Å². The Morgan fingerprint density at radius 2 is 2.05 bits per heavy atom. The summed E-state index contributed by atoms with van der Waals surface area (Å²) in [6.07, 6.45) is 4.29. The first-order valence-corrected chi connectivity index (χ1v) is 6.73. The Kier molecular flexibility index (Phi) is 3.21. The van der Waals surface area contributed by atoms with Gasteiger partial charge in [-0.1, -0.05) is 18.2 Å². The Labute approximate surface area is 111 Å². The largest absolute Gasteiger partial charge is 0.365 e. The minimum absolute atomic E-state index is 0.151. The molecule has 3 rings (SSSR count). The summed E-state index contributed by atoms with van der Waals surface area (Å²) < 4.78 is 0. The molecule has 0 unspecified atom stereocenters. The van der Waals surface area contributed by atoms with Gasteiger partial charge in [0.1, 0.15) is 0 Å². The first kappa shape index (κ1) is 12.2. The zero-order chi connectivity index (χ0) is 13.2. The average molecular weight is 258 g/mol. The number of H-pyrrole nitrogens is 1. The molecule has 0 radical (unpaired) electrons. The molecule has 5 nitrogen and oxygen atoms in total. The molecule has 2 aromatic rings. The lowest BCUT2D eigenvalue weighted by Gasteiger charge is -2.27. The molecule has 5 heteroatoms. The van der Waals surface area contributed by atoms with Crippen LogP contribution in [-0.4, -0.2) is 22.3 Å². The number of fused-ring (bicyclic) bond motifs is 1. The number of hydrogen-bond acceptors (Lipinski definition) is 4. The molecule has 1 aromatic heterocycles. The minimum atomic E-state index is -0.151. The van der Waals surface area contributed by atoms with Gasteiger partial charge in [-0.05, 0) is 31.7 Å². The zero-order valence-corrected chi connectivity index (χ0v) is 10.7. The van der Waals surface area contributed by atoms with Gasteiger partial charge in [0.25, 0.3) is 5.56 Å². The third-order valence-corrected chi connectivity index (χ3v) is 3.75. The molecule has 1 aromatic carbocycles. The highest BCUT2D eigenvalue weighted by molar-refractivity contribution is 5.90. The second-order valence-electron chi connectivity index (χ2n) is 5.21. The second-order valence-corrected chi connectivity index (χ2v) is 5.21. The Morgan fingerprint density at radius 3 is 2.84 bits per heavy atom. The maximum absolute atomic E-state index is 11.7. The summed E-state index contributed by atoms with van der Waals surface area (Å²) in [5.74, 6) is 0.745. The standard InChI is InChI=1S/C14H18N4O/c15-9-4-3-5-10(8-9)16-13-11-6-1-2-7-12(11)14(19)18-17-13/h1-2,6-7,9-10H,3-5,8,15H2,(H,16,17)(H,18,19)/t9-,10+/m1/s1. The molecule has 0 saturated heterocycles. The summed E-state index contributed by atoms with van der Waals surface area (Å²) in [5, 5.41) is 11.6. The van der Waals surface area contributed by atoms with Crippen LogP contribution in [0, 0.1) is 0 Å². The highest BCUT2D eigenvalue weighted by Gasteiger charge is 2.20. The van der Waals surface area contributed by atoms with E-state index in [1.165, 1.54) is 0 Å². The Balaban J connectivity index is 1.93. The number of nitrogens with two attached hydrogens (primary N) is 1. The number of aromatic amines is 1. The SMILES string of the molecule is N[C@@H]1CCC[C@H](Nc2n[nH]c(=O)c3ccccc23)C1. The van der Waals surface area contributed by atoms with Gasteiger partial charge in [-0.25, -0.2) is 5.10 Å². The Hall–Kier alpha value is -1.88. The van der Waals surface area contributed by atoms with Gasteiger partial charge in [0.05, 0.1) is 5.39 Å². The van der Waals surface area contributed by atoms with Gasteiger partial charge in [0, 0.05) is 17.5 Å². The number of nitrogens with zero attached hydrogens (tertiary/aromatic N) is 1. The lowest BCUT2D eigenvalue weighted by atomic mass is 9.91. The molecule has 1 aliphatic carbocycles. The van der Waals surface area contributed by atoms with E-state index in [-0.39, 0.29) is 11.6 Å². The van der Waals surface area contributed by atoms with Crippen LogP contribution in [0.5, 0.6) is 0 Å². The highest BCUT2D eigenvalue weighted by Crippen LogP contribution is 2.23. The Morgan fingerprint density at radius 1 is 1.26 bits per heavy atom. The van der Waals surface area contributed by atoms with Crippen molar-refractivity contribution in [2.75, 3.05) is 5.32 Å². The molecule has 0 aliphatic heterocycles. The molecule has 1 saturated carbocycles. The van der Waals surface area contributed by atoms with Gasteiger partial charge in [-0.3, -0.25) is 4.79 Å². The molecule has 0 spiro atoms. The van der Waals surface area contributed by atoms with Crippen LogP contribution in [-0.2, 0) is 0 Å². The van der Waals surface area contributed by atoms with E-state index in [0.29, 0.717) is 11.4 Å². The topological polar surface area (TPSA) is 83.8 Å². The van der Waals surface area contributed by atoms with Crippen LogP contribution in [0.3, 0.4) is 0 Å². The van der Waals surface area contributed by atoms with E-state index in [9.17, 15) is 4.79 Å². The van der Waals surface area contributed by atoms with Gasteiger partial charge in [-0.15, -0.1) is 0 Å². The van der Waals surface area contributed by atoms with Crippen molar-refractivity contribution in [3.63, 3.8) is 0 Å². The maximum Gasteiger partial charge on any atom is 0.272 e. The van der Waals surface area contributed by atoms with Crippen LogP contribution in [0.25, 0.3) is 10.8 Å². The van der Waals surface area contributed by atoms with Crippen molar-refractivity contribution < 1.29 is 0 Å². The van der Waals surface area contributed by atoms with E-state index >= 15 is 0 Å². The summed E-state index contributed by atoms with van der Waals surface area (Å²) in [5.41, 5.74) is 5.85. The third kappa shape index (κ3) is 2.46. The normalized spacial score (nSPS) is 23.4. The zero-order valence-electron chi connectivity index (χ0n) is 10.7. The smallest absolute Gasteiger partial charge is 0.272 e. The van der Waals surface area contributed by atoms with Crippen LogP contribution < -0.4 is 16.6 Å². The fourth-order valence-corrected chi connectivity index (χ4v) is 2.78. The van der Waals surface area contributed by atoms with Crippen molar-refractivity contribution >= 4 is 16.6 Å². The highest BCUT2D eigenvalue weighted by atomic mass is 16.1. The van der Waals surface area contributed by atoms with E-state index < -0.39 is 0 Å². The van der Waals surface area contributed by atoms with Crippen molar-refractivity contribution in [2.24, 2.45) is 5.73 Å². The molecule has 0 amide bonds. The van der Waals surface area contributed by atoms with Crippen LogP contribution >= 0.6 is 0 Å². The van der Waals surface area contributed by atoms with Crippen LogP contribution in [0.4, 0.5) is 5.82 Å². The minimum Gasteiger partial charge on any atom is -0.365 e. The Bertz CT molecular complexity index is 637. The van der Waals surface area contributed by atoms with E-state index in [1.807, 2.05) is 24.3 Å². The summed E-state index contributed by atoms with van der Waals surface area (Å²) in [7, 11) is 0. The maximum atomic E-state index is 11.7. The molecule has 1 heterocycles. The van der Waals surface area contributed by atoms with Gasteiger partial charge in [-0.2, -0.15) is 5.10 Å². The number of rotatable bonds is 2. The monoisotopic (exact) mass is 258 g/mol. The predicted octanol–water partition coefficient (Wildman–Crippen LogP) is 1.60. The first-order valence-electron chi connectivity index (χ1n) is 6.73. The van der Waals surface area contributed by atoms with Crippen LogP contribution in [0.15, 0.2) is 29.1 Å². The fraction of sp³-hybridized carbons (Fsp3) is 0.429. The van der Waals surface area contributed by atoms with E-state index in [0.717, 1.165) is 36.9 Å². The van der Waals surface area contributed by atoms with Gasteiger partial charge in [0.15, 0.2) is 5.82 Å². The number of hydrogen-bond donors (Lipinski definition) is 3. The lowest BCUT2D eigenvalue weighted by molar-refractivity contribution is 0.409. The van der Waals surface area contributed by atoms with Gasteiger partial charge >= 0.3 is 0 Å². The molecular formula is C14H18N4O. The van der Waals surface area contributed by atoms with E-state index in [4.69, 9.17) is 5.73 Å². The number of aromatic nitrogens is 2. The van der Waals surface area contributed by atoms with Crippen LogP contribution in [0.2, 0.25) is 0 Å².